The van der Waals surface area contributed by atoms with Crippen LogP contribution in [0.1, 0.15) is 29.7 Å². The van der Waals surface area contributed by atoms with Crippen molar-refractivity contribution in [2.24, 2.45) is 0 Å². The zero-order valence-electron chi connectivity index (χ0n) is 20.7. The number of aromatic nitrogens is 3. The van der Waals surface area contributed by atoms with Crippen LogP contribution >= 0.6 is 0 Å². The Morgan fingerprint density at radius 2 is 1.86 bits per heavy atom. The van der Waals surface area contributed by atoms with Crippen LogP contribution in [0.2, 0.25) is 0 Å². The van der Waals surface area contributed by atoms with Crippen molar-refractivity contribution in [3.63, 3.8) is 0 Å². The highest BCUT2D eigenvalue weighted by Gasteiger charge is 2.34. The molecule has 1 aromatic heterocycles. The molecule has 0 saturated carbocycles. The quantitative estimate of drug-likeness (QED) is 0.361. The van der Waals surface area contributed by atoms with Crippen molar-refractivity contribution in [2.45, 2.75) is 26.5 Å². The molecule has 188 valence electrons. The van der Waals surface area contributed by atoms with Gasteiger partial charge >= 0.3 is 0 Å². The second kappa shape index (κ2) is 10.1. The van der Waals surface area contributed by atoms with Crippen molar-refractivity contribution >= 4 is 17.5 Å². The summed E-state index contributed by atoms with van der Waals surface area (Å²) in [7, 11) is 1.56. The van der Waals surface area contributed by atoms with Gasteiger partial charge in [0.25, 0.3) is 5.91 Å². The van der Waals surface area contributed by atoms with Crippen LogP contribution in [0, 0.1) is 12.7 Å². The van der Waals surface area contributed by atoms with Gasteiger partial charge in [-0.3, -0.25) is 4.79 Å². The van der Waals surface area contributed by atoms with Gasteiger partial charge in [-0.1, -0.05) is 36.4 Å². The summed E-state index contributed by atoms with van der Waals surface area (Å²) in [6, 6.07) is 18.7. The normalized spacial score (nSPS) is 14.5. The van der Waals surface area contributed by atoms with Crippen LogP contribution in [0.25, 0.3) is 0 Å². The molecular weight excluding hydrogens is 473 g/mol. The van der Waals surface area contributed by atoms with E-state index in [0.717, 1.165) is 22.4 Å². The molecule has 0 aliphatic carbocycles. The third-order valence-electron chi connectivity index (χ3n) is 6.24. The van der Waals surface area contributed by atoms with Gasteiger partial charge in [0.1, 0.15) is 24.8 Å². The molecule has 0 saturated heterocycles. The molecule has 0 radical (unpaired) electrons. The maximum Gasteiger partial charge on any atom is 0.255 e. The summed E-state index contributed by atoms with van der Waals surface area (Å²) in [5, 5.41) is 10.6. The Balaban J connectivity index is 1.47. The average molecular weight is 500 g/mol. The van der Waals surface area contributed by atoms with E-state index >= 15 is 0 Å². The number of benzene rings is 3. The maximum atomic E-state index is 13.6. The first-order chi connectivity index (χ1) is 17.9. The van der Waals surface area contributed by atoms with Crippen LogP contribution < -0.4 is 20.1 Å². The Kier molecular flexibility index (Phi) is 6.59. The van der Waals surface area contributed by atoms with Crippen molar-refractivity contribution < 1.29 is 18.7 Å². The van der Waals surface area contributed by atoms with E-state index in [1.165, 1.54) is 18.5 Å². The number of hydrogen-bond donors (Lipinski definition) is 2. The van der Waals surface area contributed by atoms with Crippen molar-refractivity contribution in [1.29, 1.82) is 0 Å². The van der Waals surface area contributed by atoms with E-state index in [0.29, 0.717) is 28.7 Å². The second-order valence-electron chi connectivity index (χ2n) is 8.69. The van der Waals surface area contributed by atoms with Gasteiger partial charge in [-0.25, -0.2) is 9.07 Å². The fourth-order valence-electron chi connectivity index (χ4n) is 4.31. The van der Waals surface area contributed by atoms with E-state index < -0.39 is 6.04 Å². The maximum absolute atomic E-state index is 13.6. The highest BCUT2D eigenvalue weighted by molar-refractivity contribution is 6.06. The number of hydrogen-bond acceptors (Lipinski definition) is 6. The van der Waals surface area contributed by atoms with Gasteiger partial charge in [0.05, 0.1) is 12.7 Å². The van der Waals surface area contributed by atoms with Crippen LogP contribution in [0.15, 0.2) is 84.3 Å². The van der Waals surface area contributed by atoms with Gasteiger partial charge in [0.2, 0.25) is 5.95 Å². The molecule has 4 aromatic rings. The Hall–Kier alpha value is -4.66. The first kappa shape index (κ1) is 24.1. The zero-order chi connectivity index (χ0) is 25.9. The van der Waals surface area contributed by atoms with Crippen LogP contribution in [0.5, 0.6) is 11.5 Å². The molecule has 37 heavy (non-hydrogen) atoms. The molecule has 1 atom stereocenters. The number of halogens is 1. The van der Waals surface area contributed by atoms with E-state index in [-0.39, 0.29) is 18.3 Å². The molecule has 1 amide bonds. The number of aryl methyl sites for hydroxylation is 1. The first-order valence-electron chi connectivity index (χ1n) is 11.7. The lowest BCUT2D eigenvalue weighted by Gasteiger charge is -2.29. The summed E-state index contributed by atoms with van der Waals surface area (Å²) in [6.07, 6.45) is 1.45. The minimum absolute atomic E-state index is 0.249. The number of fused-ring (bicyclic) bond motifs is 1. The van der Waals surface area contributed by atoms with Gasteiger partial charge in [-0.2, -0.15) is 10.1 Å². The van der Waals surface area contributed by atoms with Crippen LogP contribution in [0.3, 0.4) is 0 Å². The van der Waals surface area contributed by atoms with Crippen molar-refractivity contribution in [2.75, 3.05) is 17.7 Å². The lowest BCUT2D eigenvalue weighted by Crippen LogP contribution is -2.31. The predicted octanol–water partition coefficient (Wildman–Crippen LogP) is 5.24. The number of nitrogens with zero attached hydrogens (tertiary/aromatic N) is 3. The summed E-state index contributed by atoms with van der Waals surface area (Å²) >= 11 is 0. The summed E-state index contributed by atoms with van der Waals surface area (Å²) in [4.78, 5) is 17.9. The van der Waals surface area contributed by atoms with Gasteiger partial charge < -0.3 is 20.1 Å². The van der Waals surface area contributed by atoms with Gasteiger partial charge in [-0.15, -0.1) is 0 Å². The molecule has 3 aromatic carbocycles. The lowest BCUT2D eigenvalue weighted by atomic mass is 9.94. The molecule has 1 aliphatic heterocycles. The number of amides is 1. The van der Waals surface area contributed by atoms with E-state index in [1.807, 2.05) is 50.2 Å². The Labute approximate surface area is 213 Å². The fraction of sp³-hybridized carbons (Fsp3) is 0.179. The molecule has 0 spiro atoms. The van der Waals surface area contributed by atoms with Gasteiger partial charge in [-0.05, 0) is 60.9 Å². The minimum Gasteiger partial charge on any atom is -0.493 e. The number of nitrogens with one attached hydrogen (secondary N) is 2. The first-order valence-corrected chi connectivity index (χ1v) is 11.7. The molecule has 1 aliphatic rings. The third-order valence-corrected chi connectivity index (χ3v) is 6.24. The minimum atomic E-state index is -0.553. The third kappa shape index (κ3) is 4.88. The molecule has 8 nitrogen and oxygen atoms in total. The molecule has 0 bridgehead atoms. The summed E-state index contributed by atoms with van der Waals surface area (Å²) in [5.41, 5.74) is 4.47. The van der Waals surface area contributed by atoms with E-state index in [2.05, 4.69) is 20.7 Å². The summed E-state index contributed by atoms with van der Waals surface area (Å²) in [5.74, 6) is 1.00. The van der Waals surface area contributed by atoms with E-state index in [9.17, 15) is 9.18 Å². The number of methoxy groups -OCH3 is 1. The van der Waals surface area contributed by atoms with E-state index in [4.69, 9.17) is 9.47 Å². The standard InChI is InChI=1S/C28H26FN5O3/c1-17-6-4-5-7-22(17)33-27(35)25-18(2)32-28-30-16-31-34(28)26(25)20-10-13-23(24(14-20)36-3)37-15-19-8-11-21(29)12-9-19/h4-14,16,26H,15H2,1-3H3,(H,33,35)(H,30,31,32)/t26-/m1/s1. The Morgan fingerprint density at radius 3 is 2.62 bits per heavy atom. The van der Waals surface area contributed by atoms with Gasteiger partial charge in [0, 0.05) is 11.4 Å². The number of carbonyl (C=O) groups is 1. The van der Waals surface area contributed by atoms with Crippen LogP contribution in [-0.2, 0) is 11.4 Å². The molecule has 0 unspecified atom stereocenters. The molecule has 0 fully saturated rings. The molecule has 5 rings (SSSR count). The summed E-state index contributed by atoms with van der Waals surface area (Å²) < 4.78 is 26.5. The topological polar surface area (TPSA) is 90.3 Å². The van der Waals surface area contributed by atoms with Crippen molar-refractivity contribution in [3.8, 4) is 11.5 Å². The monoisotopic (exact) mass is 499 g/mol. The van der Waals surface area contributed by atoms with Crippen LogP contribution in [-0.4, -0.2) is 27.8 Å². The largest absolute Gasteiger partial charge is 0.493 e. The Bertz CT molecular complexity index is 1480. The van der Waals surface area contributed by atoms with Crippen molar-refractivity contribution in [3.05, 3.63) is 107 Å². The number of rotatable bonds is 7. The van der Waals surface area contributed by atoms with Crippen molar-refractivity contribution in [1.82, 2.24) is 14.8 Å². The lowest BCUT2D eigenvalue weighted by molar-refractivity contribution is -0.113. The fourth-order valence-corrected chi connectivity index (χ4v) is 4.31. The molecule has 2 heterocycles. The SMILES string of the molecule is COc1cc([C@@H]2C(C(=O)Nc3ccccc3C)=C(C)Nc3ncnn32)ccc1OCc1ccc(F)cc1. The number of carbonyl (C=O) groups excluding carboxylic acids is 1. The van der Waals surface area contributed by atoms with Crippen LogP contribution in [0.4, 0.5) is 16.0 Å². The number of ether oxygens (including phenoxy) is 2. The highest BCUT2D eigenvalue weighted by atomic mass is 19.1. The zero-order valence-corrected chi connectivity index (χ0v) is 20.7. The molecular formula is C28H26FN5O3. The number of para-hydroxylation sites is 1. The highest BCUT2D eigenvalue weighted by Crippen LogP contribution is 2.39. The predicted molar refractivity (Wildman–Crippen MR) is 138 cm³/mol. The second-order valence-corrected chi connectivity index (χ2v) is 8.69. The molecule has 2 N–H and O–H groups in total. The average Bonchev–Trinajstić information content (AvgIpc) is 3.37. The van der Waals surface area contributed by atoms with E-state index in [1.54, 1.807) is 30.0 Å². The Morgan fingerprint density at radius 1 is 1.08 bits per heavy atom. The smallest absolute Gasteiger partial charge is 0.255 e. The number of anilines is 2. The number of allylic oxidation sites excluding steroid dienone is 1. The summed E-state index contributed by atoms with van der Waals surface area (Å²) in [6.45, 7) is 4.04. The van der Waals surface area contributed by atoms with Gasteiger partial charge in [0.15, 0.2) is 11.5 Å². The molecule has 9 heteroatoms.